The van der Waals surface area contributed by atoms with E-state index in [1.165, 1.54) is 20.0 Å². The van der Waals surface area contributed by atoms with Crippen LogP contribution in [-0.4, -0.2) is 37.9 Å². The van der Waals surface area contributed by atoms with Crippen molar-refractivity contribution in [2.45, 2.75) is 58.1 Å². The summed E-state index contributed by atoms with van der Waals surface area (Å²) in [4.78, 5) is 11.8. The van der Waals surface area contributed by atoms with Crippen LogP contribution in [0.15, 0.2) is 0 Å². The summed E-state index contributed by atoms with van der Waals surface area (Å²) in [6.07, 6.45) is 4.94. The van der Waals surface area contributed by atoms with Crippen LogP contribution >= 0.6 is 0 Å². The highest BCUT2D eigenvalue weighted by molar-refractivity contribution is 5.80. The molecule has 1 rings (SSSR count). The van der Waals surface area contributed by atoms with Gasteiger partial charge in [-0.1, -0.05) is 13.8 Å². The normalized spacial score (nSPS) is 27.6. The summed E-state index contributed by atoms with van der Waals surface area (Å²) in [5, 5.41) is 3.16. The Hall–Kier alpha value is -0.610. The van der Waals surface area contributed by atoms with E-state index in [-0.39, 0.29) is 5.97 Å². The number of ether oxygens (including phenoxy) is 2. The van der Waals surface area contributed by atoms with Gasteiger partial charge in [-0.25, -0.2) is 4.79 Å². The minimum Gasteiger partial charge on any atom is -0.468 e. The van der Waals surface area contributed by atoms with Gasteiger partial charge in [0.2, 0.25) is 0 Å². The summed E-state index contributed by atoms with van der Waals surface area (Å²) in [6, 6.07) is 0. The number of rotatable bonds is 6. The van der Waals surface area contributed by atoms with Crippen molar-refractivity contribution in [3.8, 4) is 0 Å². The molecule has 0 bridgehead atoms. The Bertz CT molecular complexity index is 262. The second-order valence-electron chi connectivity index (χ2n) is 5.55. The van der Waals surface area contributed by atoms with Gasteiger partial charge >= 0.3 is 5.97 Å². The molecule has 1 N–H and O–H groups in total. The lowest BCUT2D eigenvalue weighted by Crippen LogP contribution is -2.54. The number of carbonyl (C=O) groups is 1. The molecule has 0 heterocycles. The van der Waals surface area contributed by atoms with E-state index < -0.39 is 5.54 Å². The number of hydrogen-bond acceptors (Lipinski definition) is 4. The standard InChI is InChI=1S/C14H27NO3/c1-5-15-14(3,13(16)17-4)10-18-12-8-6-11(2)7-9-12/h11-12,15H,5-10H2,1-4H3. The molecule has 18 heavy (non-hydrogen) atoms. The van der Waals surface area contributed by atoms with Crippen molar-refractivity contribution in [3.05, 3.63) is 0 Å². The van der Waals surface area contributed by atoms with E-state index in [0.717, 1.165) is 25.3 Å². The summed E-state index contributed by atoms with van der Waals surface area (Å²) >= 11 is 0. The first-order valence-corrected chi connectivity index (χ1v) is 6.97. The predicted octanol–water partition coefficient (Wildman–Crippen LogP) is 2.12. The average Bonchev–Trinajstić information content (AvgIpc) is 2.37. The van der Waals surface area contributed by atoms with Crippen molar-refractivity contribution in [1.29, 1.82) is 0 Å². The smallest absolute Gasteiger partial charge is 0.328 e. The van der Waals surface area contributed by atoms with Gasteiger partial charge in [0.1, 0.15) is 5.54 Å². The van der Waals surface area contributed by atoms with Crippen LogP contribution in [0.25, 0.3) is 0 Å². The molecule has 4 heteroatoms. The third-order valence-corrected chi connectivity index (χ3v) is 3.77. The summed E-state index contributed by atoms with van der Waals surface area (Å²) in [5.74, 6) is 0.555. The van der Waals surface area contributed by atoms with Crippen molar-refractivity contribution in [2.75, 3.05) is 20.3 Å². The van der Waals surface area contributed by atoms with Crippen LogP contribution in [0.3, 0.4) is 0 Å². The zero-order valence-corrected chi connectivity index (χ0v) is 12.1. The van der Waals surface area contributed by atoms with Gasteiger partial charge in [0, 0.05) is 0 Å². The maximum atomic E-state index is 11.8. The van der Waals surface area contributed by atoms with Crippen molar-refractivity contribution in [3.63, 3.8) is 0 Å². The molecule has 1 saturated carbocycles. The molecule has 0 radical (unpaired) electrons. The first kappa shape index (κ1) is 15.4. The van der Waals surface area contributed by atoms with Gasteiger partial charge in [0.25, 0.3) is 0 Å². The molecule has 1 unspecified atom stereocenters. The Kier molecular flexibility index (Phi) is 6.09. The van der Waals surface area contributed by atoms with Crippen molar-refractivity contribution in [1.82, 2.24) is 5.32 Å². The number of hydrogen-bond donors (Lipinski definition) is 1. The predicted molar refractivity (Wildman–Crippen MR) is 71.5 cm³/mol. The summed E-state index contributed by atoms with van der Waals surface area (Å²) in [6.45, 7) is 7.20. The van der Waals surface area contributed by atoms with Crippen molar-refractivity contribution in [2.24, 2.45) is 5.92 Å². The number of methoxy groups -OCH3 is 1. The molecule has 0 spiro atoms. The van der Waals surface area contributed by atoms with Gasteiger partial charge in [0.05, 0.1) is 19.8 Å². The Morgan fingerprint density at radius 1 is 1.33 bits per heavy atom. The zero-order valence-electron chi connectivity index (χ0n) is 12.1. The lowest BCUT2D eigenvalue weighted by Gasteiger charge is -2.32. The van der Waals surface area contributed by atoms with Crippen LogP contribution in [0.5, 0.6) is 0 Å². The summed E-state index contributed by atoms with van der Waals surface area (Å²) in [5.41, 5.74) is -0.730. The first-order chi connectivity index (χ1) is 8.51. The molecular formula is C14H27NO3. The maximum Gasteiger partial charge on any atom is 0.328 e. The molecule has 0 amide bonds. The highest BCUT2D eigenvalue weighted by atomic mass is 16.5. The molecule has 106 valence electrons. The number of likely N-dealkylation sites (N-methyl/N-ethyl adjacent to an activating group) is 1. The molecule has 1 atom stereocenters. The minimum atomic E-state index is -0.730. The topological polar surface area (TPSA) is 47.6 Å². The van der Waals surface area contributed by atoms with E-state index in [2.05, 4.69) is 12.2 Å². The SMILES string of the molecule is CCNC(C)(COC1CCC(C)CC1)C(=O)OC. The highest BCUT2D eigenvalue weighted by Gasteiger charge is 2.35. The van der Waals surface area contributed by atoms with Gasteiger partial charge in [-0.2, -0.15) is 0 Å². The second kappa shape index (κ2) is 7.10. The lowest BCUT2D eigenvalue weighted by molar-refractivity contribution is -0.152. The quantitative estimate of drug-likeness (QED) is 0.740. The maximum absolute atomic E-state index is 11.8. The molecule has 0 aromatic heterocycles. The fourth-order valence-corrected chi connectivity index (χ4v) is 2.48. The highest BCUT2D eigenvalue weighted by Crippen LogP contribution is 2.26. The van der Waals surface area contributed by atoms with Crippen LogP contribution in [0.2, 0.25) is 0 Å². The van der Waals surface area contributed by atoms with Crippen molar-refractivity contribution < 1.29 is 14.3 Å². The van der Waals surface area contributed by atoms with Crippen molar-refractivity contribution >= 4 is 5.97 Å². The average molecular weight is 257 g/mol. The molecule has 0 aromatic rings. The van der Waals surface area contributed by atoms with Gasteiger partial charge < -0.3 is 14.8 Å². The minimum absolute atomic E-state index is 0.256. The van der Waals surface area contributed by atoms with Crippen LogP contribution < -0.4 is 5.32 Å². The van der Waals surface area contributed by atoms with Gasteiger partial charge in [-0.05, 0) is 45.1 Å². The number of nitrogens with one attached hydrogen (secondary N) is 1. The van der Waals surface area contributed by atoms with E-state index in [1.54, 1.807) is 0 Å². The van der Waals surface area contributed by atoms with Crippen LogP contribution in [0.4, 0.5) is 0 Å². The van der Waals surface area contributed by atoms with E-state index in [0.29, 0.717) is 12.7 Å². The molecular weight excluding hydrogens is 230 g/mol. The van der Waals surface area contributed by atoms with Crippen LogP contribution in [0.1, 0.15) is 46.5 Å². The Morgan fingerprint density at radius 2 is 1.94 bits per heavy atom. The number of esters is 1. The first-order valence-electron chi connectivity index (χ1n) is 6.97. The third kappa shape index (κ3) is 4.25. The zero-order chi connectivity index (χ0) is 13.6. The van der Waals surface area contributed by atoms with Crippen LogP contribution in [-0.2, 0) is 14.3 Å². The molecule has 1 aliphatic rings. The Morgan fingerprint density at radius 3 is 2.44 bits per heavy atom. The lowest BCUT2D eigenvalue weighted by atomic mass is 9.89. The molecule has 0 aliphatic heterocycles. The van der Waals surface area contributed by atoms with E-state index >= 15 is 0 Å². The molecule has 1 aliphatic carbocycles. The largest absolute Gasteiger partial charge is 0.468 e. The van der Waals surface area contributed by atoms with Crippen LogP contribution in [0, 0.1) is 5.92 Å². The fraction of sp³-hybridized carbons (Fsp3) is 0.929. The fourth-order valence-electron chi connectivity index (χ4n) is 2.48. The monoisotopic (exact) mass is 257 g/mol. The van der Waals surface area contributed by atoms with Gasteiger partial charge in [-0.15, -0.1) is 0 Å². The Labute approximate surface area is 110 Å². The van der Waals surface area contributed by atoms with Gasteiger partial charge in [-0.3, -0.25) is 0 Å². The van der Waals surface area contributed by atoms with E-state index in [1.807, 2.05) is 13.8 Å². The molecule has 1 fully saturated rings. The molecule has 0 aromatic carbocycles. The molecule has 4 nitrogen and oxygen atoms in total. The summed E-state index contributed by atoms with van der Waals surface area (Å²) < 4.78 is 10.8. The van der Waals surface area contributed by atoms with E-state index in [4.69, 9.17) is 9.47 Å². The number of carbonyl (C=O) groups excluding carboxylic acids is 1. The third-order valence-electron chi connectivity index (χ3n) is 3.77. The van der Waals surface area contributed by atoms with E-state index in [9.17, 15) is 4.79 Å². The molecule has 0 saturated heterocycles. The summed E-state index contributed by atoms with van der Waals surface area (Å²) in [7, 11) is 1.42. The Balaban J connectivity index is 2.44. The van der Waals surface area contributed by atoms with Gasteiger partial charge in [0.15, 0.2) is 0 Å². The second-order valence-corrected chi connectivity index (χ2v) is 5.55.